The van der Waals surface area contributed by atoms with Crippen molar-refractivity contribution in [2.75, 3.05) is 6.61 Å². The number of aromatic nitrogens is 2. The number of hydrogen-bond donors (Lipinski definition) is 1. The molecule has 0 unspecified atom stereocenters. The average molecular weight is 286 g/mol. The van der Waals surface area contributed by atoms with Crippen molar-refractivity contribution in [1.82, 2.24) is 9.97 Å². The van der Waals surface area contributed by atoms with Crippen LogP contribution >= 0.6 is 0 Å². The Kier molecular flexibility index (Phi) is 4.52. The van der Waals surface area contributed by atoms with Crippen LogP contribution in [0.5, 0.6) is 0 Å². The number of carbonyl (C=O) groups is 1. The second-order valence-electron chi connectivity index (χ2n) is 4.68. The Bertz CT molecular complexity index is 702. The van der Waals surface area contributed by atoms with E-state index in [-0.39, 0.29) is 12.2 Å². The first-order chi connectivity index (χ1) is 10.1. The molecule has 2 rings (SSSR count). The maximum Gasteiger partial charge on any atom is 0.345 e. The molecule has 110 valence electrons. The van der Waals surface area contributed by atoms with Gasteiger partial charge in [0.2, 0.25) is 0 Å². The number of esters is 1. The standard InChI is InChI=1S/C16H18N2O3/c1-4-12-13(16(20)21-5-2)15(19)18-14(17-12)11-8-6-10(3)7-9-11/h6-9H,4-5H2,1-3H3,(H,17,18,19). The lowest BCUT2D eigenvalue weighted by atomic mass is 10.1. The van der Waals surface area contributed by atoms with Crippen molar-refractivity contribution in [3.8, 4) is 11.4 Å². The predicted octanol–water partition coefficient (Wildman–Crippen LogP) is 2.48. The molecule has 0 radical (unpaired) electrons. The lowest BCUT2D eigenvalue weighted by molar-refractivity contribution is 0.0522. The maximum atomic E-state index is 12.2. The van der Waals surface area contributed by atoms with Gasteiger partial charge in [0.05, 0.1) is 12.3 Å². The summed E-state index contributed by atoms with van der Waals surface area (Å²) >= 11 is 0. The van der Waals surface area contributed by atoms with E-state index in [0.717, 1.165) is 11.1 Å². The van der Waals surface area contributed by atoms with Crippen molar-refractivity contribution < 1.29 is 9.53 Å². The zero-order valence-electron chi connectivity index (χ0n) is 12.4. The van der Waals surface area contributed by atoms with Crippen LogP contribution < -0.4 is 5.56 Å². The summed E-state index contributed by atoms with van der Waals surface area (Å²) < 4.78 is 4.91. The highest BCUT2D eigenvalue weighted by Gasteiger charge is 2.19. The molecule has 1 heterocycles. The van der Waals surface area contributed by atoms with Gasteiger partial charge in [-0.3, -0.25) is 4.79 Å². The molecule has 0 bridgehead atoms. The van der Waals surface area contributed by atoms with E-state index in [0.29, 0.717) is 17.9 Å². The molecule has 0 saturated heterocycles. The van der Waals surface area contributed by atoms with Crippen LogP contribution in [0.4, 0.5) is 0 Å². The molecule has 0 saturated carbocycles. The zero-order valence-corrected chi connectivity index (χ0v) is 12.4. The summed E-state index contributed by atoms with van der Waals surface area (Å²) in [6, 6.07) is 7.66. The molecule has 0 spiro atoms. The fourth-order valence-corrected chi connectivity index (χ4v) is 2.04. The number of nitrogens with one attached hydrogen (secondary N) is 1. The number of aromatic amines is 1. The van der Waals surface area contributed by atoms with Crippen molar-refractivity contribution >= 4 is 5.97 Å². The van der Waals surface area contributed by atoms with Crippen molar-refractivity contribution in [2.45, 2.75) is 27.2 Å². The molecule has 1 aromatic heterocycles. The fraction of sp³-hybridized carbons (Fsp3) is 0.312. The van der Waals surface area contributed by atoms with Gasteiger partial charge >= 0.3 is 5.97 Å². The van der Waals surface area contributed by atoms with E-state index in [1.54, 1.807) is 6.92 Å². The van der Waals surface area contributed by atoms with Crippen LogP contribution in [0.15, 0.2) is 29.1 Å². The van der Waals surface area contributed by atoms with Gasteiger partial charge in [0.25, 0.3) is 5.56 Å². The predicted molar refractivity (Wildman–Crippen MR) is 80.4 cm³/mol. The van der Waals surface area contributed by atoms with Crippen molar-refractivity contribution in [3.63, 3.8) is 0 Å². The number of nitrogens with zero attached hydrogens (tertiary/aromatic N) is 1. The molecule has 1 N–H and O–H groups in total. The molecule has 5 heteroatoms. The lowest BCUT2D eigenvalue weighted by Crippen LogP contribution is -2.24. The third kappa shape index (κ3) is 3.18. The Labute approximate surface area is 123 Å². The van der Waals surface area contributed by atoms with E-state index in [1.807, 2.05) is 38.1 Å². The van der Waals surface area contributed by atoms with Crippen LogP contribution in [0.25, 0.3) is 11.4 Å². The van der Waals surface area contributed by atoms with Crippen LogP contribution in [0.2, 0.25) is 0 Å². The smallest absolute Gasteiger partial charge is 0.345 e. The third-order valence-electron chi connectivity index (χ3n) is 3.13. The normalized spacial score (nSPS) is 10.4. The monoisotopic (exact) mass is 286 g/mol. The number of aryl methyl sites for hydroxylation is 2. The van der Waals surface area contributed by atoms with E-state index >= 15 is 0 Å². The largest absolute Gasteiger partial charge is 0.462 e. The van der Waals surface area contributed by atoms with Crippen LogP contribution in [0.1, 0.15) is 35.5 Å². The van der Waals surface area contributed by atoms with Crippen LogP contribution in [0, 0.1) is 6.92 Å². The number of hydrogen-bond acceptors (Lipinski definition) is 4. The highest BCUT2D eigenvalue weighted by molar-refractivity contribution is 5.90. The molecule has 1 aromatic carbocycles. The van der Waals surface area contributed by atoms with Gasteiger partial charge in [-0.1, -0.05) is 36.8 Å². The number of rotatable bonds is 4. The zero-order chi connectivity index (χ0) is 15.4. The number of H-pyrrole nitrogens is 1. The SMILES string of the molecule is CCOC(=O)c1c(CC)nc(-c2ccc(C)cc2)[nH]c1=O. The van der Waals surface area contributed by atoms with Gasteiger partial charge in [0.15, 0.2) is 0 Å². The molecular weight excluding hydrogens is 268 g/mol. The van der Waals surface area contributed by atoms with Gasteiger partial charge in [-0.25, -0.2) is 9.78 Å². The Morgan fingerprint density at radius 1 is 1.24 bits per heavy atom. The van der Waals surface area contributed by atoms with E-state index in [2.05, 4.69) is 9.97 Å². The van der Waals surface area contributed by atoms with Gasteiger partial charge in [-0.15, -0.1) is 0 Å². The summed E-state index contributed by atoms with van der Waals surface area (Å²) in [5.74, 6) is -0.163. The number of benzene rings is 1. The van der Waals surface area contributed by atoms with Crippen LogP contribution in [-0.2, 0) is 11.2 Å². The minimum atomic E-state index is -0.626. The van der Waals surface area contributed by atoms with Gasteiger partial charge < -0.3 is 9.72 Å². The third-order valence-corrected chi connectivity index (χ3v) is 3.13. The Hall–Kier alpha value is -2.43. The molecular formula is C16H18N2O3. The van der Waals surface area contributed by atoms with Crippen molar-refractivity contribution in [2.24, 2.45) is 0 Å². The first kappa shape index (κ1) is 15.0. The fourth-order valence-electron chi connectivity index (χ4n) is 2.04. The minimum Gasteiger partial charge on any atom is -0.462 e. The van der Waals surface area contributed by atoms with E-state index in [1.165, 1.54) is 0 Å². The van der Waals surface area contributed by atoms with Crippen LogP contribution in [-0.4, -0.2) is 22.5 Å². The quantitative estimate of drug-likeness (QED) is 0.876. The first-order valence-corrected chi connectivity index (χ1v) is 6.94. The van der Waals surface area contributed by atoms with Crippen molar-refractivity contribution in [3.05, 3.63) is 51.4 Å². The van der Waals surface area contributed by atoms with E-state index < -0.39 is 11.5 Å². The maximum absolute atomic E-state index is 12.2. The summed E-state index contributed by atoms with van der Waals surface area (Å²) in [7, 11) is 0. The molecule has 0 atom stereocenters. The first-order valence-electron chi connectivity index (χ1n) is 6.94. The highest BCUT2D eigenvalue weighted by atomic mass is 16.5. The number of ether oxygens (including phenoxy) is 1. The van der Waals surface area contributed by atoms with E-state index in [9.17, 15) is 9.59 Å². The van der Waals surface area contributed by atoms with E-state index in [4.69, 9.17) is 4.74 Å². The molecule has 5 nitrogen and oxygen atoms in total. The van der Waals surface area contributed by atoms with Gasteiger partial charge in [0.1, 0.15) is 11.4 Å². The van der Waals surface area contributed by atoms with Crippen LogP contribution in [0.3, 0.4) is 0 Å². The Morgan fingerprint density at radius 2 is 1.90 bits per heavy atom. The molecule has 0 amide bonds. The molecule has 0 aliphatic rings. The average Bonchev–Trinajstić information content (AvgIpc) is 2.47. The summed E-state index contributed by atoms with van der Waals surface area (Å²) in [6.07, 6.45) is 0.483. The summed E-state index contributed by atoms with van der Waals surface area (Å²) in [6.45, 7) is 5.76. The molecule has 0 fully saturated rings. The van der Waals surface area contributed by atoms with Gasteiger partial charge in [0, 0.05) is 5.56 Å². The molecule has 21 heavy (non-hydrogen) atoms. The van der Waals surface area contributed by atoms with Gasteiger partial charge in [-0.2, -0.15) is 0 Å². The Balaban J connectivity index is 2.53. The summed E-state index contributed by atoms with van der Waals surface area (Å²) in [5, 5.41) is 0. The highest BCUT2D eigenvalue weighted by Crippen LogP contribution is 2.16. The lowest BCUT2D eigenvalue weighted by Gasteiger charge is -2.08. The van der Waals surface area contributed by atoms with Crippen molar-refractivity contribution in [1.29, 1.82) is 0 Å². The second-order valence-corrected chi connectivity index (χ2v) is 4.68. The molecule has 0 aliphatic carbocycles. The topological polar surface area (TPSA) is 72.0 Å². The minimum absolute atomic E-state index is 0.00443. The van der Waals surface area contributed by atoms with Gasteiger partial charge in [-0.05, 0) is 20.3 Å². The molecule has 0 aliphatic heterocycles. The number of carbonyl (C=O) groups excluding carboxylic acids is 1. The summed E-state index contributed by atoms with van der Waals surface area (Å²) in [5.41, 5.74) is 1.92. The second kappa shape index (κ2) is 6.35. The summed E-state index contributed by atoms with van der Waals surface area (Å²) in [4.78, 5) is 31.1. The Morgan fingerprint density at radius 3 is 2.48 bits per heavy atom. The molecule has 2 aromatic rings.